The Morgan fingerprint density at radius 2 is 1.74 bits per heavy atom. The van der Waals surface area contributed by atoms with Crippen LogP contribution in [0.25, 0.3) is 6.08 Å². The van der Waals surface area contributed by atoms with Gasteiger partial charge in [-0.15, -0.1) is 13.2 Å². The van der Waals surface area contributed by atoms with E-state index in [1.54, 1.807) is 37.3 Å². The van der Waals surface area contributed by atoms with Gasteiger partial charge in [-0.1, -0.05) is 42.5 Å². The number of hydrogen-bond acceptors (Lipinski definition) is 2. The highest BCUT2D eigenvalue weighted by atomic mass is 19.4. The minimum absolute atomic E-state index is 0.00747. The molecule has 4 nitrogen and oxygen atoms in total. The second-order valence-corrected chi connectivity index (χ2v) is 9.80. The van der Waals surface area contributed by atoms with Crippen molar-refractivity contribution in [3.63, 3.8) is 0 Å². The van der Waals surface area contributed by atoms with Crippen LogP contribution in [-0.2, 0) is 17.8 Å². The minimum Gasteiger partial charge on any atom is -0.350 e. The molecular formula is C28H31F3N3O+. The molecule has 184 valence electrons. The molecule has 0 aromatic heterocycles. The Morgan fingerprint density at radius 3 is 2.43 bits per heavy atom. The summed E-state index contributed by atoms with van der Waals surface area (Å²) in [5.41, 5.74) is 2.99. The molecule has 0 radical (unpaired) electrons. The molecule has 1 amide bonds. The maximum atomic E-state index is 14.5. The Kier molecular flexibility index (Phi) is 7.32. The van der Waals surface area contributed by atoms with Crippen LogP contribution in [0.2, 0.25) is 0 Å². The summed E-state index contributed by atoms with van der Waals surface area (Å²) in [5.74, 6) is -0.297. The number of quaternary nitrogens is 1. The van der Waals surface area contributed by atoms with Crippen LogP contribution in [0.1, 0.15) is 54.9 Å². The lowest BCUT2D eigenvalue weighted by molar-refractivity contribution is -1.06. The molecule has 2 aromatic rings. The molecule has 2 aliphatic rings. The molecular weight excluding hydrogens is 451 g/mol. The topological polar surface area (TPSA) is 52.9 Å². The number of nitrogens with one attached hydrogen (secondary N) is 1. The van der Waals surface area contributed by atoms with Crippen LogP contribution in [-0.4, -0.2) is 35.3 Å². The largest absolute Gasteiger partial charge is 0.561 e. The van der Waals surface area contributed by atoms with E-state index in [1.807, 2.05) is 24.3 Å². The summed E-state index contributed by atoms with van der Waals surface area (Å²) in [7, 11) is 0. The Hall–Kier alpha value is -3.11. The van der Waals surface area contributed by atoms with Gasteiger partial charge in [0.05, 0.1) is 24.2 Å². The quantitative estimate of drug-likeness (QED) is 0.336. The van der Waals surface area contributed by atoms with Crippen LogP contribution in [0.15, 0.2) is 54.6 Å². The fraction of sp³-hybridized carbons (Fsp3) is 0.429. The monoisotopic (exact) mass is 482 g/mol. The van der Waals surface area contributed by atoms with E-state index in [1.165, 1.54) is 6.08 Å². The van der Waals surface area contributed by atoms with Gasteiger partial charge in [0.15, 0.2) is 0 Å². The summed E-state index contributed by atoms with van der Waals surface area (Å²) >= 11 is 0. The maximum Gasteiger partial charge on any atom is 0.561 e. The molecule has 4 rings (SSSR count). The van der Waals surface area contributed by atoms with Crippen LogP contribution in [0, 0.1) is 17.2 Å². The fourth-order valence-corrected chi connectivity index (χ4v) is 5.76. The number of amides is 1. The lowest BCUT2D eigenvalue weighted by Gasteiger charge is -2.49. The number of halogens is 3. The Labute approximate surface area is 204 Å². The highest BCUT2D eigenvalue weighted by molar-refractivity contribution is 5.92. The van der Waals surface area contributed by atoms with Crippen molar-refractivity contribution >= 4 is 12.0 Å². The number of nitrogens with zero attached hydrogens (tertiary/aromatic N) is 2. The molecule has 2 atom stereocenters. The van der Waals surface area contributed by atoms with Gasteiger partial charge in [0.1, 0.15) is 6.54 Å². The number of fused-ring (bicyclic) bond motifs is 1. The minimum atomic E-state index is -4.32. The molecule has 35 heavy (non-hydrogen) atoms. The zero-order chi connectivity index (χ0) is 25.1. The van der Waals surface area contributed by atoms with Gasteiger partial charge in [-0.3, -0.25) is 4.79 Å². The van der Waals surface area contributed by atoms with E-state index in [-0.39, 0.29) is 31.0 Å². The smallest absolute Gasteiger partial charge is 0.350 e. The Bertz CT molecular complexity index is 1130. The van der Waals surface area contributed by atoms with E-state index >= 15 is 0 Å². The molecule has 0 spiro atoms. The summed E-state index contributed by atoms with van der Waals surface area (Å²) in [5, 5.41) is 12.2. The van der Waals surface area contributed by atoms with Crippen LogP contribution < -0.4 is 5.32 Å². The van der Waals surface area contributed by atoms with Gasteiger partial charge in [0, 0.05) is 30.0 Å². The zero-order valence-corrected chi connectivity index (χ0v) is 19.9. The molecule has 2 aromatic carbocycles. The SMILES string of the molecule is CC(C1CCC(NC(=O)C=Cc2ccccc2C#N)CC1)[N+]1(C(F)(F)F)CCc2ccccc2C1. The number of hydrogen-bond donors (Lipinski definition) is 1. The third kappa shape index (κ3) is 5.28. The third-order valence-corrected chi connectivity index (χ3v) is 7.93. The predicted molar refractivity (Wildman–Crippen MR) is 129 cm³/mol. The fourth-order valence-electron chi connectivity index (χ4n) is 5.76. The van der Waals surface area contributed by atoms with Gasteiger partial charge >= 0.3 is 6.30 Å². The van der Waals surface area contributed by atoms with Gasteiger partial charge in [0.25, 0.3) is 0 Å². The molecule has 1 N–H and O–H groups in total. The molecule has 2 unspecified atom stereocenters. The highest BCUT2D eigenvalue weighted by Crippen LogP contribution is 2.44. The summed E-state index contributed by atoms with van der Waals surface area (Å²) in [6.07, 6.45) is 1.80. The summed E-state index contributed by atoms with van der Waals surface area (Å²) in [4.78, 5) is 12.4. The molecule has 1 heterocycles. The molecule has 1 saturated carbocycles. The van der Waals surface area contributed by atoms with Crippen molar-refractivity contribution in [2.45, 2.75) is 64.0 Å². The first-order chi connectivity index (χ1) is 16.7. The third-order valence-electron chi connectivity index (χ3n) is 7.93. The van der Waals surface area contributed by atoms with Crippen molar-refractivity contribution in [1.29, 1.82) is 5.26 Å². The number of benzene rings is 2. The number of carbonyl (C=O) groups is 1. The molecule has 1 aliphatic carbocycles. The normalized spacial score (nSPS) is 25.5. The van der Waals surface area contributed by atoms with Crippen molar-refractivity contribution in [3.8, 4) is 6.07 Å². The van der Waals surface area contributed by atoms with E-state index < -0.39 is 16.8 Å². The maximum absolute atomic E-state index is 14.5. The molecule has 0 saturated heterocycles. The van der Waals surface area contributed by atoms with Gasteiger partial charge < -0.3 is 5.32 Å². The van der Waals surface area contributed by atoms with Crippen LogP contribution >= 0.6 is 0 Å². The van der Waals surface area contributed by atoms with Crippen molar-refractivity contribution in [1.82, 2.24) is 5.32 Å². The first-order valence-corrected chi connectivity index (χ1v) is 12.2. The number of carbonyl (C=O) groups excluding carboxylic acids is 1. The van der Waals surface area contributed by atoms with Crippen molar-refractivity contribution in [2.24, 2.45) is 5.92 Å². The predicted octanol–water partition coefficient (Wildman–Crippen LogP) is 5.73. The lowest BCUT2D eigenvalue weighted by Crippen LogP contribution is -2.66. The standard InChI is InChI=1S/C28H30F3N3O/c1-20(34(28(29,30)31)17-16-23-7-3-5-9-25(23)19-34)21-10-13-26(14-11-21)33-27(35)15-12-22-6-2-4-8-24(22)18-32/h2-9,12,15,20-21,26H,10-11,13-14,16-17,19H2,1H3/p+1. The summed E-state index contributed by atoms with van der Waals surface area (Å²) in [6, 6.07) is 16.0. The Morgan fingerprint density at radius 1 is 1.09 bits per heavy atom. The van der Waals surface area contributed by atoms with Crippen LogP contribution in [0.3, 0.4) is 0 Å². The zero-order valence-electron chi connectivity index (χ0n) is 19.9. The number of nitriles is 1. The van der Waals surface area contributed by atoms with Gasteiger partial charge in [-0.05, 0) is 55.9 Å². The average molecular weight is 483 g/mol. The van der Waals surface area contributed by atoms with Gasteiger partial charge in [-0.2, -0.15) is 5.26 Å². The van der Waals surface area contributed by atoms with E-state index in [4.69, 9.17) is 5.26 Å². The van der Waals surface area contributed by atoms with E-state index in [0.717, 1.165) is 11.1 Å². The summed E-state index contributed by atoms with van der Waals surface area (Å²) in [6.45, 7) is 1.83. The number of alkyl halides is 3. The van der Waals surface area contributed by atoms with Crippen LogP contribution in [0.5, 0.6) is 0 Å². The first-order valence-electron chi connectivity index (χ1n) is 12.2. The van der Waals surface area contributed by atoms with Crippen LogP contribution in [0.4, 0.5) is 13.2 Å². The van der Waals surface area contributed by atoms with Crippen molar-refractivity contribution in [2.75, 3.05) is 6.54 Å². The highest BCUT2D eigenvalue weighted by Gasteiger charge is 2.60. The lowest BCUT2D eigenvalue weighted by atomic mass is 9.79. The second kappa shape index (κ2) is 10.2. The second-order valence-electron chi connectivity index (χ2n) is 9.80. The molecule has 1 aliphatic heterocycles. The van der Waals surface area contributed by atoms with E-state index in [2.05, 4.69) is 11.4 Å². The summed E-state index contributed by atoms with van der Waals surface area (Å²) < 4.78 is 42.7. The molecule has 7 heteroatoms. The average Bonchev–Trinajstić information content (AvgIpc) is 2.86. The van der Waals surface area contributed by atoms with Crippen molar-refractivity contribution < 1.29 is 22.4 Å². The number of rotatable bonds is 5. The van der Waals surface area contributed by atoms with E-state index in [9.17, 15) is 18.0 Å². The molecule has 0 bridgehead atoms. The van der Waals surface area contributed by atoms with E-state index in [0.29, 0.717) is 43.2 Å². The van der Waals surface area contributed by atoms with Gasteiger partial charge in [-0.25, -0.2) is 4.48 Å². The van der Waals surface area contributed by atoms with Gasteiger partial charge in [0.2, 0.25) is 5.91 Å². The van der Waals surface area contributed by atoms with Crippen molar-refractivity contribution in [3.05, 3.63) is 76.9 Å². The molecule has 1 fully saturated rings. The Balaban J connectivity index is 1.37. The first kappa shape index (κ1) is 25.0.